The maximum atomic E-state index is 15.0. The number of piperidine rings is 3. The molecule has 1 N–H and O–H groups in total. The molecule has 11 rings (SSSR count). The number of rotatable bonds is 14. The van der Waals surface area contributed by atoms with E-state index in [2.05, 4.69) is 94.6 Å². The molecule has 6 saturated heterocycles. The van der Waals surface area contributed by atoms with Gasteiger partial charge in [0, 0.05) is 85.2 Å². The van der Waals surface area contributed by atoms with Gasteiger partial charge in [-0.3, -0.25) is 24.3 Å². The number of halogens is 1. The van der Waals surface area contributed by atoms with Gasteiger partial charge in [0.1, 0.15) is 30.9 Å². The zero-order chi connectivity index (χ0) is 60.5. The Bertz CT molecular complexity index is 3300. The van der Waals surface area contributed by atoms with Crippen molar-refractivity contribution < 1.29 is 28.2 Å². The van der Waals surface area contributed by atoms with Gasteiger partial charge in [-0.05, 0) is 151 Å². The van der Waals surface area contributed by atoms with E-state index in [1.807, 2.05) is 36.5 Å². The average Bonchev–Trinajstić information content (AvgIpc) is 2.32. The van der Waals surface area contributed by atoms with Crippen LogP contribution in [0.15, 0.2) is 92.0 Å². The van der Waals surface area contributed by atoms with Crippen molar-refractivity contribution in [2.24, 2.45) is 23.7 Å². The van der Waals surface area contributed by atoms with Crippen molar-refractivity contribution in [3.05, 3.63) is 115 Å². The Morgan fingerprint density at radius 3 is 2.34 bits per heavy atom. The number of terminal acetylenes is 1. The van der Waals surface area contributed by atoms with Crippen molar-refractivity contribution in [1.29, 1.82) is 0 Å². The van der Waals surface area contributed by atoms with E-state index < -0.39 is 11.9 Å². The van der Waals surface area contributed by atoms with E-state index in [-0.39, 0.29) is 29.0 Å². The summed E-state index contributed by atoms with van der Waals surface area (Å²) in [6.07, 6.45) is 23.9. The Kier molecular flexibility index (Phi) is 20.8. The number of amides is 2. The zero-order valence-corrected chi connectivity index (χ0v) is 52.3. The number of likely N-dealkylation sites (N-methyl/N-ethyl adjacent to an activating group) is 1. The van der Waals surface area contributed by atoms with Gasteiger partial charge < -0.3 is 34.4 Å². The van der Waals surface area contributed by atoms with E-state index in [1.54, 1.807) is 19.2 Å². The number of fused-ring (bicyclic) bond motifs is 3. The number of nitrogens with zero attached hydrogens (tertiary/aromatic N) is 8. The van der Waals surface area contributed by atoms with Crippen LogP contribution < -0.4 is 25.2 Å². The highest BCUT2D eigenvalue weighted by Crippen LogP contribution is 2.45. The summed E-state index contributed by atoms with van der Waals surface area (Å²) >= 11 is 0. The number of anilines is 2. The summed E-state index contributed by atoms with van der Waals surface area (Å²) in [5.41, 5.74) is 5.79. The van der Waals surface area contributed by atoms with Crippen LogP contribution in [0.2, 0.25) is 0 Å². The second kappa shape index (κ2) is 28.2. The van der Waals surface area contributed by atoms with Crippen molar-refractivity contribution in [3.63, 3.8) is 0 Å². The first-order chi connectivity index (χ1) is 41.0. The van der Waals surface area contributed by atoms with Crippen LogP contribution in [0.5, 0.6) is 6.01 Å². The summed E-state index contributed by atoms with van der Waals surface area (Å²) in [4.78, 5) is 63.7. The minimum Gasteiger partial charge on any atom is -0.500 e. The third-order valence-electron chi connectivity index (χ3n) is 18.5. The third-order valence-corrected chi connectivity index (χ3v) is 19.0. The van der Waals surface area contributed by atoms with Crippen LogP contribution in [0.4, 0.5) is 15.9 Å². The molecule has 16 heteroatoms. The Morgan fingerprint density at radius 2 is 1.67 bits per heavy atom. The number of pyridine rings is 1. The molecule has 85 heavy (non-hydrogen) atoms. The number of aromatic nitrogens is 3. The molecule has 0 saturated carbocycles. The van der Waals surface area contributed by atoms with Crippen LogP contribution in [0.25, 0.3) is 32.9 Å². The quantitative estimate of drug-likeness (QED) is 0.0373. The van der Waals surface area contributed by atoms with Crippen molar-refractivity contribution in [2.75, 3.05) is 82.9 Å². The number of benzene rings is 3. The number of carbonyl (C=O) groups is 3. The molecule has 5 aromatic rings. The van der Waals surface area contributed by atoms with E-state index in [0.29, 0.717) is 71.8 Å². The second-order valence-corrected chi connectivity index (χ2v) is 25.7. The molecule has 452 valence electrons. The lowest BCUT2D eigenvalue weighted by Gasteiger charge is -2.37. The number of hydrogen-bond donors (Lipinski definition) is 1. The van der Waals surface area contributed by atoms with E-state index >= 15 is 0 Å². The zero-order valence-electron chi connectivity index (χ0n) is 51.1. The van der Waals surface area contributed by atoms with Crippen LogP contribution in [0.3, 0.4) is 0 Å². The van der Waals surface area contributed by atoms with E-state index in [9.17, 15) is 18.8 Å². The lowest BCUT2D eigenvalue weighted by Crippen LogP contribution is -2.50. The van der Waals surface area contributed by atoms with Crippen molar-refractivity contribution in [1.82, 2.24) is 35.0 Å². The summed E-state index contributed by atoms with van der Waals surface area (Å²) in [5, 5.41) is 5.89. The Balaban J connectivity index is 0.000000205. The fourth-order valence-corrected chi connectivity index (χ4v) is 14.3. The van der Waals surface area contributed by atoms with Crippen LogP contribution in [0.1, 0.15) is 137 Å². The predicted octanol–water partition coefficient (Wildman–Crippen LogP) is 11.8. The molecular weight excluding hydrogens is 1080 g/mol. The minimum absolute atomic E-state index is 0.178. The number of hydrogen-bond acceptors (Lipinski definition) is 12. The summed E-state index contributed by atoms with van der Waals surface area (Å²) in [6, 6.07) is 14.6. The molecule has 0 bridgehead atoms. The fourth-order valence-electron chi connectivity index (χ4n) is 13.9. The summed E-state index contributed by atoms with van der Waals surface area (Å²) in [7, 11) is 6.70. The first-order valence-corrected chi connectivity index (χ1v) is 31.5. The van der Waals surface area contributed by atoms with Gasteiger partial charge in [-0.25, -0.2) is 4.39 Å². The van der Waals surface area contributed by atoms with Crippen LogP contribution in [0, 0.1) is 41.8 Å². The van der Waals surface area contributed by atoms with E-state index in [4.69, 9.17) is 30.8 Å². The Morgan fingerprint density at radius 1 is 0.965 bits per heavy atom. The standard InChI is InChI=1S/C39H43FN5O2P.C27H38N4O3.C3H8/c1-6-29-32(40)14-13-27-9-8-10-30(33(27)29)34-36(48)35-31(18-41-34)37(44-19-24(3)11-12-25(4)20-44)43-38(42-35)47-23-39-16-15-28(22-46-7-2)45(39)21-26(5)17-39;1-19-4-7-25(26(33)28-19)30(3)27(34)24-17-23(6-5-22(24)18-32)31-14-10-21(11-15-31)16-20-8-12-29(2)13-9-20;1-3-2/h1,7-10,13-14,18,24-25,28H,2,5,11-12,15-17,19-23,48H2,3-4H3;5-6,17-18,20-21,25H,1,4,7-16H2,2-3H3,(H,28,33);3H2,1-2H3/t24?,25?,28-,39-;;/m0../s1. The van der Waals surface area contributed by atoms with Gasteiger partial charge in [-0.2, -0.15) is 9.97 Å². The van der Waals surface area contributed by atoms with E-state index in [0.717, 1.165) is 122 Å². The highest BCUT2D eigenvalue weighted by molar-refractivity contribution is 7.28. The number of allylic oxidation sites excluding steroid dienone is 1. The fraction of sp³-hybridized carbons (Fsp3) is 0.507. The van der Waals surface area contributed by atoms with Gasteiger partial charge >= 0.3 is 6.01 Å². The molecule has 6 fully saturated rings. The van der Waals surface area contributed by atoms with Gasteiger partial charge in [0.25, 0.3) is 5.91 Å². The molecule has 14 nitrogen and oxygen atoms in total. The van der Waals surface area contributed by atoms with Crippen molar-refractivity contribution in [2.45, 2.75) is 129 Å². The third kappa shape index (κ3) is 14.3. The van der Waals surface area contributed by atoms with E-state index in [1.165, 1.54) is 74.4 Å². The molecular formula is C69H89FN9O5P. The highest BCUT2D eigenvalue weighted by Gasteiger charge is 2.51. The maximum absolute atomic E-state index is 15.0. The number of ether oxygens (including phenoxy) is 2. The molecule has 6 aliphatic rings. The minimum atomic E-state index is -0.559. The monoisotopic (exact) mass is 1170 g/mol. The molecule has 6 atom stereocenters. The van der Waals surface area contributed by atoms with Gasteiger partial charge in [-0.1, -0.05) is 89.6 Å². The second-order valence-electron chi connectivity index (χ2n) is 25.1. The summed E-state index contributed by atoms with van der Waals surface area (Å²) in [6.45, 7) is 28.8. The highest BCUT2D eigenvalue weighted by atomic mass is 31.0. The largest absolute Gasteiger partial charge is 0.500 e. The molecule has 0 spiro atoms. The topological polar surface area (TPSA) is 137 Å². The first-order valence-electron chi connectivity index (χ1n) is 30.9. The number of likely N-dealkylation sites (tertiary alicyclic amines) is 1. The van der Waals surface area contributed by atoms with Gasteiger partial charge in [-0.15, -0.1) is 15.7 Å². The predicted molar refractivity (Wildman–Crippen MR) is 345 cm³/mol. The lowest BCUT2D eigenvalue weighted by atomic mass is 9.83. The molecule has 0 aliphatic carbocycles. The molecule has 0 radical (unpaired) electrons. The van der Waals surface area contributed by atoms with Gasteiger partial charge in [0.05, 0.1) is 39.5 Å². The number of nitrogens with one attached hydrogen (secondary N) is 1. The summed E-state index contributed by atoms with van der Waals surface area (Å²) in [5.74, 6) is 5.12. The number of carbonyl (C=O) groups excluding carboxylic acids is 3. The van der Waals surface area contributed by atoms with Crippen LogP contribution in [-0.2, 0) is 9.53 Å². The molecule has 8 heterocycles. The van der Waals surface area contributed by atoms with Crippen molar-refractivity contribution in [3.8, 4) is 29.6 Å². The molecule has 3 aromatic carbocycles. The van der Waals surface area contributed by atoms with Gasteiger partial charge in [0.2, 0.25) is 5.91 Å². The smallest absolute Gasteiger partial charge is 0.319 e. The molecule has 4 unspecified atom stereocenters. The first kappa shape index (κ1) is 62.8. The van der Waals surface area contributed by atoms with Crippen LogP contribution in [-0.4, -0.2) is 138 Å². The maximum Gasteiger partial charge on any atom is 0.319 e. The normalized spacial score (nSPS) is 23.2. The average molecular weight is 1170 g/mol. The SMILES string of the molecule is C#Cc1c(F)ccc2cccc(-c3ncc4c(N5CC(C)CCC(C)C5)nc(OC[C@@]56CC[C@@H](COC=C)N5CC(=C)C6)nc4c3P)c12.C=C1CCC(N(C)C(=O)c2cc(N3CCC(CC4CCN(C)CC4)CC3)ccc2C=O)C(=O)N1.CCC. The number of aldehydes is 1. The Hall–Kier alpha value is -6.72. The van der Waals surface area contributed by atoms with Crippen LogP contribution >= 0.6 is 9.24 Å². The van der Waals surface area contributed by atoms with Crippen molar-refractivity contribution >= 4 is 65.8 Å². The van der Waals surface area contributed by atoms with Gasteiger partial charge in [0.15, 0.2) is 6.29 Å². The Labute approximate surface area is 506 Å². The molecule has 6 aliphatic heterocycles. The molecule has 2 amide bonds. The lowest BCUT2D eigenvalue weighted by molar-refractivity contribution is -0.125. The summed E-state index contributed by atoms with van der Waals surface area (Å²) < 4.78 is 27.2. The molecule has 2 aromatic heterocycles.